The van der Waals surface area contributed by atoms with Gasteiger partial charge >= 0.3 is 5.97 Å². The first-order chi connectivity index (χ1) is 9.51. The van der Waals surface area contributed by atoms with Crippen LogP contribution in [-0.2, 0) is 4.79 Å². The summed E-state index contributed by atoms with van der Waals surface area (Å²) in [6, 6.07) is 5.86. The first kappa shape index (κ1) is 17.8. The summed E-state index contributed by atoms with van der Waals surface area (Å²) in [5, 5.41) is 12.2. The lowest BCUT2D eigenvalue weighted by atomic mass is 10.00. The summed E-state index contributed by atoms with van der Waals surface area (Å²) < 4.78 is 0. The summed E-state index contributed by atoms with van der Waals surface area (Å²) in [4.78, 5) is 14.6. The van der Waals surface area contributed by atoms with E-state index in [4.69, 9.17) is 16.7 Å². The number of amidine groups is 1. The highest BCUT2D eigenvalue weighted by molar-refractivity contribution is 5.84. The van der Waals surface area contributed by atoms with Gasteiger partial charge in [0.15, 0.2) is 0 Å². The van der Waals surface area contributed by atoms with E-state index < -0.39 is 11.9 Å². The highest BCUT2D eigenvalue weighted by Gasteiger charge is 2.17. The molecule has 0 radical (unpaired) electrons. The Morgan fingerprint density at radius 1 is 1.55 bits per heavy atom. The van der Waals surface area contributed by atoms with Crippen molar-refractivity contribution < 1.29 is 9.90 Å². The second kappa shape index (κ2) is 10.7. The third-order valence-electron chi connectivity index (χ3n) is 2.46. The van der Waals surface area contributed by atoms with E-state index in [0.29, 0.717) is 6.42 Å². The Bertz CT molecular complexity index is 408. The molecule has 1 aromatic rings. The van der Waals surface area contributed by atoms with E-state index in [9.17, 15) is 4.79 Å². The number of carboxylic acid groups (broad SMARTS) is 1. The van der Waals surface area contributed by atoms with Crippen LogP contribution in [0.2, 0.25) is 0 Å². The first-order valence-electron chi connectivity index (χ1n) is 6.39. The summed E-state index contributed by atoms with van der Waals surface area (Å²) in [7, 11) is 0. The fourth-order valence-corrected chi connectivity index (χ4v) is 1.49. The van der Waals surface area contributed by atoms with Crippen LogP contribution in [0.3, 0.4) is 0 Å². The van der Waals surface area contributed by atoms with Gasteiger partial charge in [-0.15, -0.1) is 0 Å². The Morgan fingerprint density at radius 2 is 2.25 bits per heavy atom. The number of nitrogens with two attached hydrogens (primary N) is 2. The zero-order chi connectivity index (χ0) is 15.4. The zero-order valence-corrected chi connectivity index (χ0v) is 11.9. The van der Waals surface area contributed by atoms with Crippen LogP contribution in [0, 0.1) is 12.8 Å². The molecule has 112 valence electrons. The third-order valence-corrected chi connectivity index (χ3v) is 2.46. The number of rotatable bonds is 6. The lowest BCUT2D eigenvalue weighted by Crippen LogP contribution is -2.27. The number of carbonyl (C=O) groups is 1. The number of hydrazone groups is 1. The first-order valence-corrected chi connectivity index (χ1v) is 6.39. The monoisotopic (exact) mass is 281 g/mol. The van der Waals surface area contributed by atoms with Crippen molar-refractivity contribution in [2.45, 2.75) is 33.1 Å². The molecule has 1 aromatic heterocycles. The minimum absolute atomic E-state index is 0.211. The number of aromatic nitrogens is 1. The predicted octanol–water partition coefficient (Wildman–Crippen LogP) is 1.00. The van der Waals surface area contributed by atoms with E-state index in [1.807, 2.05) is 37.6 Å². The molecule has 1 heterocycles. The maximum absolute atomic E-state index is 10.7. The van der Waals surface area contributed by atoms with Crippen LogP contribution in [0.5, 0.6) is 0 Å². The summed E-state index contributed by atoms with van der Waals surface area (Å²) in [5.74, 6) is 3.78. The van der Waals surface area contributed by atoms with Gasteiger partial charge in [-0.1, -0.05) is 19.4 Å². The molecular formula is C13H23N5O2. The second-order valence-corrected chi connectivity index (χ2v) is 4.23. The van der Waals surface area contributed by atoms with Gasteiger partial charge in [-0.05, 0) is 25.5 Å². The van der Waals surface area contributed by atoms with E-state index in [2.05, 4.69) is 10.1 Å². The Morgan fingerprint density at radius 3 is 2.60 bits per heavy atom. The van der Waals surface area contributed by atoms with Gasteiger partial charge in [-0.3, -0.25) is 9.78 Å². The lowest BCUT2D eigenvalue weighted by molar-refractivity contribution is -0.141. The third kappa shape index (κ3) is 8.87. The maximum atomic E-state index is 10.7. The van der Waals surface area contributed by atoms with Crippen LogP contribution in [0.1, 0.15) is 31.9 Å². The number of carboxylic acids is 1. The fourth-order valence-electron chi connectivity index (χ4n) is 1.49. The second-order valence-electron chi connectivity index (χ2n) is 4.23. The van der Waals surface area contributed by atoms with Crippen molar-refractivity contribution in [1.82, 2.24) is 10.5 Å². The smallest absolute Gasteiger partial charge is 0.306 e. The van der Waals surface area contributed by atoms with Crippen molar-refractivity contribution in [3.63, 3.8) is 0 Å². The molecule has 0 aliphatic rings. The number of hydrazine groups is 1. The average Bonchev–Trinajstić information content (AvgIpc) is 2.40. The maximum Gasteiger partial charge on any atom is 0.306 e. The molecule has 1 unspecified atom stereocenters. The fraction of sp³-hybridized carbons (Fsp3) is 0.462. The molecule has 1 atom stereocenters. The molecular weight excluding hydrogens is 258 g/mol. The van der Waals surface area contributed by atoms with E-state index in [1.165, 1.54) is 0 Å². The summed E-state index contributed by atoms with van der Waals surface area (Å²) in [6.07, 6.45) is 3.42. The van der Waals surface area contributed by atoms with Crippen LogP contribution in [0.15, 0.2) is 29.5 Å². The zero-order valence-electron chi connectivity index (χ0n) is 11.9. The van der Waals surface area contributed by atoms with Crippen molar-refractivity contribution in [1.29, 1.82) is 0 Å². The number of hydrogen-bond acceptors (Lipinski definition) is 5. The van der Waals surface area contributed by atoms with Crippen LogP contribution >= 0.6 is 0 Å². The minimum atomic E-state index is -0.850. The number of nitrogens with zero attached hydrogens (tertiary/aromatic N) is 2. The van der Waals surface area contributed by atoms with Crippen molar-refractivity contribution in [2.24, 2.45) is 22.6 Å². The Balaban J connectivity index is 0.000000428. The molecule has 6 N–H and O–H groups in total. The number of nitrogens with one attached hydrogen (secondary N) is 1. The van der Waals surface area contributed by atoms with Crippen molar-refractivity contribution >= 4 is 11.8 Å². The topological polar surface area (TPSA) is 127 Å². The van der Waals surface area contributed by atoms with Gasteiger partial charge in [0.05, 0.1) is 5.92 Å². The Kier molecular flexibility index (Phi) is 9.59. The van der Waals surface area contributed by atoms with Gasteiger partial charge < -0.3 is 10.8 Å². The van der Waals surface area contributed by atoms with Crippen LogP contribution in [-0.4, -0.2) is 21.9 Å². The molecule has 0 amide bonds. The summed E-state index contributed by atoms with van der Waals surface area (Å²) in [5.41, 5.74) is 8.49. The minimum Gasteiger partial charge on any atom is -0.481 e. The SMILES string of the molecule is CCCC(C/C(N)=N/NN)C(=O)O.Cc1ccccn1. The van der Waals surface area contributed by atoms with Gasteiger partial charge in [0, 0.05) is 18.3 Å². The molecule has 0 saturated heterocycles. The number of aryl methyl sites for hydroxylation is 1. The molecule has 7 heteroatoms. The molecule has 0 saturated carbocycles. The quantitative estimate of drug-likeness (QED) is 0.267. The highest BCUT2D eigenvalue weighted by atomic mass is 16.4. The van der Waals surface area contributed by atoms with Crippen LogP contribution in [0.25, 0.3) is 0 Å². The van der Waals surface area contributed by atoms with Crippen LogP contribution < -0.4 is 17.1 Å². The van der Waals surface area contributed by atoms with E-state index in [1.54, 1.807) is 6.20 Å². The molecule has 1 rings (SSSR count). The van der Waals surface area contributed by atoms with Crippen molar-refractivity contribution in [3.05, 3.63) is 30.1 Å². The van der Waals surface area contributed by atoms with E-state index in [0.717, 1.165) is 12.1 Å². The molecule has 0 spiro atoms. The Labute approximate surface area is 119 Å². The predicted molar refractivity (Wildman–Crippen MR) is 78.6 cm³/mol. The highest BCUT2D eigenvalue weighted by Crippen LogP contribution is 2.10. The Hall–Kier alpha value is -2.15. The molecule has 0 fully saturated rings. The van der Waals surface area contributed by atoms with Crippen molar-refractivity contribution in [2.75, 3.05) is 0 Å². The van der Waals surface area contributed by atoms with Gasteiger partial charge in [-0.2, -0.15) is 5.10 Å². The summed E-state index contributed by atoms with van der Waals surface area (Å²) >= 11 is 0. The molecule has 20 heavy (non-hydrogen) atoms. The standard InChI is InChI=1S/C7H16N4O2.C6H7N/c1-2-3-5(7(12)13)4-6(8)10-11-9;1-6-4-2-3-5-7-6/h5,11H,2-4,9H2,1H3,(H2,8,10)(H,12,13);2-5H,1H3. The molecule has 7 nitrogen and oxygen atoms in total. The number of pyridine rings is 1. The van der Waals surface area contributed by atoms with Gasteiger partial charge in [-0.25, -0.2) is 11.4 Å². The van der Waals surface area contributed by atoms with E-state index >= 15 is 0 Å². The van der Waals surface area contributed by atoms with Gasteiger partial charge in [0.1, 0.15) is 5.84 Å². The lowest BCUT2D eigenvalue weighted by Gasteiger charge is -2.09. The van der Waals surface area contributed by atoms with E-state index in [-0.39, 0.29) is 12.3 Å². The number of hydrogen-bond donors (Lipinski definition) is 4. The van der Waals surface area contributed by atoms with Crippen molar-refractivity contribution in [3.8, 4) is 0 Å². The molecule has 0 aromatic carbocycles. The van der Waals surface area contributed by atoms with Gasteiger partial charge in [0.25, 0.3) is 0 Å². The molecule has 0 aliphatic carbocycles. The van der Waals surface area contributed by atoms with Crippen LogP contribution in [0.4, 0.5) is 0 Å². The normalized spacial score (nSPS) is 12.1. The number of aliphatic carboxylic acids is 1. The molecule has 0 aliphatic heterocycles. The average molecular weight is 281 g/mol. The molecule has 0 bridgehead atoms. The van der Waals surface area contributed by atoms with Gasteiger partial charge in [0.2, 0.25) is 0 Å². The summed E-state index contributed by atoms with van der Waals surface area (Å²) in [6.45, 7) is 3.89. The largest absolute Gasteiger partial charge is 0.481 e.